The van der Waals surface area contributed by atoms with E-state index in [0.29, 0.717) is 5.56 Å². The molecule has 3 heteroatoms. The van der Waals surface area contributed by atoms with Gasteiger partial charge in [0.05, 0.1) is 11.1 Å². The molecule has 0 radical (unpaired) electrons. The zero-order valence-electron chi connectivity index (χ0n) is 8.99. The molecule has 0 atom stereocenters. The average molecular weight is 199 g/mol. The molecule has 0 saturated heterocycles. The number of nitriles is 1. The van der Waals surface area contributed by atoms with Crippen molar-refractivity contribution in [1.82, 2.24) is 9.55 Å². The SMILES string of the molecule is CCCc1nc2c(C#N)cccc2n1C. The van der Waals surface area contributed by atoms with Gasteiger partial charge in [0.25, 0.3) is 0 Å². The van der Waals surface area contributed by atoms with Gasteiger partial charge in [0.2, 0.25) is 0 Å². The van der Waals surface area contributed by atoms with E-state index in [1.807, 2.05) is 25.2 Å². The van der Waals surface area contributed by atoms with Gasteiger partial charge in [-0.2, -0.15) is 5.26 Å². The summed E-state index contributed by atoms with van der Waals surface area (Å²) in [6.07, 6.45) is 2.02. The number of imidazole rings is 1. The molecule has 15 heavy (non-hydrogen) atoms. The van der Waals surface area contributed by atoms with Crippen LogP contribution < -0.4 is 0 Å². The van der Waals surface area contributed by atoms with Gasteiger partial charge in [0, 0.05) is 13.5 Å². The Bertz CT molecular complexity index is 532. The van der Waals surface area contributed by atoms with Crippen molar-refractivity contribution in [2.45, 2.75) is 19.8 Å². The van der Waals surface area contributed by atoms with Gasteiger partial charge in [0.15, 0.2) is 0 Å². The van der Waals surface area contributed by atoms with Crippen LogP contribution in [0.25, 0.3) is 11.0 Å². The zero-order chi connectivity index (χ0) is 10.8. The molecule has 0 aliphatic heterocycles. The second-order valence-corrected chi connectivity index (χ2v) is 3.62. The summed E-state index contributed by atoms with van der Waals surface area (Å²) in [6.45, 7) is 2.13. The largest absolute Gasteiger partial charge is 0.331 e. The van der Waals surface area contributed by atoms with E-state index in [4.69, 9.17) is 5.26 Å². The molecule has 2 aromatic rings. The monoisotopic (exact) mass is 199 g/mol. The first kappa shape index (κ1) is 9.72. The minimum Gasteiger partial charge on any atom is -0.331 e. The van der Waals surface area contributed by atoms with Gasteiger partial charge in [-0.3, -0.25) is 0 Å². The molecule has 3 nitrogen and oxygen atoms in total. The third-order valence-electron chi connectivity index (χ3n) is 2.60. The molecule has 0 bridgehead atoms. The van der Waals surface area contributed by atoms with Crippen molar-refractivity contribution < 1.29 is 0 Å². The van der Waals surface area contributed by atoms with Crippen molar-refractivity contribution in [3.05, 3.63) is 29.6 Å². The summed E-state index contributed by atoms with van der Waals surface area (Å²) in [5.74, 6) is 1.05. The molecular weight excluding hydrogens is 186 g/mol. The minimum absolute atomic E-state index is 0.658. The van der Waals surface area contributed by atoms with Crippen molar-refractivity contribution in [1.29, 1.82) is 5.26 Å². The van der Waals surface area contributed by atoms with E-state index >= 15 is 0 Å². The minimum atomic E-state index is 0.658. The van der Waals surface area contributed by atoms with Gasteiger partial charge in [-0.25, -0.2) is 4.98 Å². The Balaban J connectivity index is 2.71. The Morgan fingerprint density at radius 1 is 1.47 bits per heavy atom. The average Bonchev–Trinajstić information content (AvgIpc) is 2.57. The molecule has 1 aromatic carbocycles. The second kappa shape index (κ2) is 3.74. The molecule has 0 aliphatic rings. The summed E-state index contributed by atoms with van der Waals surface area (Å²) < 4.78 is 2.07. The third kappa shape index (κ3) is 1.48. The van der Waals surface area contributed by atoms with Gasteiger partial charge in [-0.05, 0) is 18.6 Å². The predicted octanol–water partition coefficient (Wildman–Crippen LogP) is 2.40. The van der Waals surface area contributed by atoms with E-state index in [2.05, 4.69) is 22.5 Å². The number of hydrogen-bond donors (Lipinski definition) is 0. The van der Waals surface area contributed by atoms with Gasteiger partial charge < -0.3 is 4.57 Å². The lowest BCUT2D eigenvalue weighted by Gasteiger charge is -1.98. The summed E-state index contributed by atoms with van der Waals surface area (Å²) in [6, 6.07) is 7.89. The van der Waals surface area contributed by atoms with Gasteiger partial charge >= 0.3 is 0 Å². The lowest BCUT2D eigenvalue weighted by atomic mass is 10.2. The van der Waals surface area contributed by atoms with Crippen LogP contribution in [0.5, 0.6) is 0 Å². The number of aryl methyl sites for hydroxylation is 2. The number of nitrogens with zero attached hydrogens (tertiary/aromatic N) is 3. The van der Waals surface area contributed by atoms with E-state index in [1.54, 1.807) is 0 Å². The van der Waals surface area contributed by atoms with Crippen LogP contribution >= 0.6 is 0 Å². The normalized spacial score (nSPS) is 10.5. The maximum absolute atomic E-state index is 8.97. The zero-order valence-corrected chi connectivity index (χ0v) is 8.99. The molecule has 76 valence electrons. The number of rotatable bonds is 2. The fourth-order valence-corrected chi connectivity index (χ4v) is 1.80. The van der Waals surface area contributed by atoms with E-state index in [1.165, 1.54) is 0 Å². The van der Waals surface area contributed by atoms with E-state index < -0.39 is 0 Å². The highest BCUT2D eigenvalue weighted by Gasteiger charge is 2.09. The number of fused-ring (bicyclic) bond motifs is 1. The lowest BCUT2D eigenvalue weighted by molar-refractivity contribution is 0.773. The molecule has 2 rings (SSSR count). The molecule has 0 amide bonds. The van der Waals surface area contributed by atoms with Crippen LogP contribution in [0.3, 0.4) is 0 Å². The summed E-state index contributed by atoms with van der Waals surface area (Å²) >= 11 is 0. The molecule has 1 heterocycles. The highest BCUT2D eigenvalue weighted by Crippen LogP contribution is 2.19. The molecule has 0 fully saturated rings. The predicted molar refractivity (Wildman–Crippen MR) is 59.4 cm³/mol. The number of aromatic nitrogens is 2. The summed E-state index contributed by atoms with van der Waals surface area (Å²) in [5.41, 5.74) is 2.52. The standard InChI is InChI=1S/C12H13N3/c1-3-5-11-14-12-9(8-13)6-4-7-10(12)15(11)2/h4,6-7H,3,5H2,1-2H3. The summed E-state index contributed by atoms with van der Waals surface area (Å²) in [7, 11) is 2.00. The van der Waals surface area contributed by atoms with Crippen molar-refractivity contribution >= 4 is 11.0 Å². The van der Waals surface area contributed by atoms with Crippen LogP contribution in [-0.2, 0) is 13.5 Å². The smallest absolute Gasteiger partial charge is 0.109 e. The Kier molecular flexibility index (Phi) is 2.42. The number of hydrogen-bond acceptors (Lipinski definition) is 2. The van der Waals surface area contributed by atoms with Crippen LogP contribution in [0, 0.1) is 11.3 Å². The Morgan fingerprint density at radius 2 is 2.27 bits per heavy atom. The van der Waals surface area contributed by atoms with E-state index in [9.17, 15) is 0 Å². The Morgan fingerprint density at radius 3 is 2.93 bits per heavy atom. The third-order valence-corrected chi connectivity index (χ3v) is 2.60. The first-order valence-corrected chi connectivity index (χ1v) is 5.12. The molecule has 0 N–H and O–H groups in total. The number of benzene rings is 1. The van der Waals surface area contributed by atoms with Crippen LogP contribution in [-0.4, -0.2) is 9.55 Å². The quantitative estimate of drug-likeness (QED) is 0.745. The van der Waals surface area contributed by atoms with Crippen molar-refractivity contribution in [3.8, 4) is 6.07 Å². The summed E-state index contributed by atoms with van der Waals surface area (Å²) in [5, 5.41) is 8.97. The molecule has 0 saturated carbocycles. The maximum Gasteiger partial charge on any atom is 0.109 e. The maximum atomic E-state index is 8.97. The lowest BCUT2D eigenvalue weighted by Crippen LogP contribution is -1.96. The molecule has 0 unspecified atom stereocenters. The molecular formula is C12H13N3. The van der Waals surface area contributed by atoms with E-state index in [-0.39, 0.29) is 0 Å². The highest BCUT2D eigenvalue weighted by atomic mass is 15.1. The van der Waals surface area contributed by atoms with E-state index in [0.717, 1.165) is 29.7 Å². The van der Waals surface area contributed by atoms with Crippen LogP contribution in [0.2, 0.25) is 0 Å². The summed E-state index contributed by atoms with van der Waals surface area (Å²) in [4.78, 5) is 4.51. The van der Waals surface area contributed by atoms with Gasteiger partial charge in [0.1, 0.15) is 17.4 Å². The molecule has 0 spiro atoms. The van der Waals surface area contributed by atoms with Crippen molar-refractivity contribution in [2.24, 2.45) is 7.05 Å². The number of para-hydroxylation sites is 1. The second-order valence-electron chi connectivity index (χ2n) is 3.62. The fourth-order valence-electron chi connectivity index (χ4n) is 1.80. The van der Waals surface area contributed by atoms with Crippen LogP contribution in [0.15, 0.2) is 18.2 Å². The first-order valence-electron chi connectivity index (χ1n) is 5.12. The van der Waals surface area contributed by atoms with Crippen LogP contribution in [0.4, 0.5) is 0 Å². The highest BCUT2D eigenvalue weighted by molar-refractivity contribution is 5.82. The Labute approximate surface area is 89.0 Å². The van der Waals surface area contributed by atoms with Crippen molar-refractivity contribution in [3.63, 3.8) is 0 Å². The topological polar surface area (TPSA) is 41.6 Å². The van der Waals surface area contributed by atoms with Gasteiger partial charge in [-0.1, -0.05) is 13.0 Å². The fraction of sp³-hybridized carbons (Fsp3) is 0.333. The molecule has 0 aliphatic carbocycles. The molecule has 1 aromatic heterocycles. The van der Waals surface area contributed by atoms with Gasteiger partial charge in [-0.15, -0.1) is 0 Å². The van der Waals surface area contributed by atoms with Crippen molar-refractivity contribution in [2.75, 3.05) is 0 Å². The Hall–Kier alpha value is -1.82. The van der Waals surface area contributed by atoms with Crippen LogP contribution in [0.1, 0.15) is 24.7 Å². The first-order chi connectivity index (χ1) is 7.27.